The third-order valence-electron chi connectivity index (χ3n) is 2.48. The molecule has 0 saturated carbocycles. The van der Waals surface area contributed by atoms with Crippen molar-refractivity contribution in [1.29, 1.82) is 0 Å². The van der Waals surface area contributed by atoms with Gasteiger partial charge in [-0.2, -0.15) is 0 Å². The normalized spacial score (nSPS) is 14.1. The molecule has 1 rings (SSSR count). The van der Waals surface area contributed by atoms with E-state index in [1.165, 1.54) is 13.0 Å². The Morgan fingerprint density at radius 3 is 2.41 bits per heavy atom. The highest BCUT2D eigenvalue weighted by Gasteiger charge is 2.20. The van der Waals surface area contributed by atoms with E-state index in [2.05, 4.69) is 15.9 Å². The monoisotopic (exact) mass is 300 g/mol. The lowest BCUT2D eigenvalue weighted by Gasteiger charge is -2.13. The zero-order chi connectivity index (χ0) is 13.2. The highest BCUT2D eigenvalue weighted by Crippen LogP contribution is 2.28. The van der Waals surface area contributed by atoms with Gasteiger partial charge in [0, 0.05) is 0 Å². The van der Waals surface area contributed by atoms with E-state index in [0.29, 0.717) is 16.7 Å². The largest absolute Gasteiger partial charge is 0.479 e. The lowest BCUT2D eigenvalue weighted by atomic mass is 9.98. The second-order valence-corrected chi connectivity index (χ2v) is 4.75. The minimum atomic E-state index is -1.57. The number of aliphatic hydroxyl groups is 1. The summed E-state index contributed by atoms with van der Waals surface area (Å²) in [6, 6.07) is 4.96. The molecule has 0 fully saturated rings. The Labute approximate surface area is 107 Å². The number of aliphatic carboxylic acids is 1. The van der Waals surface area contributed by atoms with Crippen molar-refractivity contribution in [3.8, 4) is 0 Å². The first-order chi connectivity index (χ1) is 7.84. The third kappa shape index (κ3) is 3.14. The molecule has 0 radical (unpaired) electrons. The number of hydrogen-bond donors (Lipinski definition) is 2. The van der Waals surface area contributed by atoms with Crippen molar-refractivity contribution in [3.05, 3.63) is 34.9 Å². The standard InChI is InChI=1S/C12H13BrO4/c1-6-3-4-8(10(13)7(2)14)5-9(6)11(15)12(16)17/h3-5,10-11,15H,1-2H3,(H,16,17). The first kappa shape index (κ1) is 13.9. The number of rotatable bonds is 4. The summed E-state index contributed by atoms with van der Waals surface area (Å²) in [7, 11) is 0. The van der Waals surface area contributed by atoms with Crippen LogP contribution in [0.5, 0.6) is 0 Å². The quantitative estimate of drug-likeness (QED) is 0.836. The summed E-state index contributed by atoms with van der Waals surface area (Å²) in [5.74, 6) is -1.39. The van der Waals surface area contributed by atoms with Crippen molar-refractivity contribution in [2.45, 2.75) is 24.8 Å². The van der Waals surface area contributed by atoms with Crippen molar-refractivity contribution < 1.29 is 19.8 Å². The van der Waals surface area contributed by atoms with Gasteiger partial charge in [0.2, 0.25) is 0 Å². The zero-order valence-electron chi connectivity index (χ0n) is 9.48. The van der Waals surface area contributed by atoms with E-state index in [0.717, 1.165) is 0 Å². The van der Waals surface area contributed by atoms with Crippen molar-refractivity contribution in [3.63, 3.8) is 0 Å². The van der Waals surface area contributed by atoms with Gasteiger partial charge in [0.05, 0.1) is 4.83 Å². The van der Waals surface area contributed by atoms with Gasteiger partial charge in [-0.3, -0.25) is 4.79 Å². The molecule has 2 atom stereocenters. The van der Waals surface area contributed by atoms with Crippen LogP contribution in [-0.4, -0.2) is 22.0 Å². The van der Waals surface area contributed by atoms with Crippen LogP contribution < -0.4 is 0 Å². The number of hydrogen-bond acceptors (Lipinski definition) is 3. The van der Waals surface area contributed by atoms with Crippen molar-refractivity contribution in [1.82, 2.24) is 0 Å². The first-order valence-corrected chi connectivity index (χ1v) is 5.92. The fourth-order valence-electron chi connectivity index (χ4n) is 1.48. The number of aryl methyl sites for hydroxylation is 1. The van der Waals surface area contributed by atoms with Crippen molar-refractivity contribution in [2.24, 2.45) is 0 Å². The molecule has 0 aromatic heterocycles. The molecule has 0 saturated heterocycles. The minimum absolute atomic E-state index is 0.0791. The molecule has 0 aliphatic rings. The highest BCUT2D eigenvalue weighted by atomic mass is 79.9. The molecule has 1 aromatic carbocycles. The van der Waals surface area contributed by atoms with Crippen molar-refractivity contribution >= 4 is 27.7 Å². The fourth-order valence-corrected chi connectivity index (χ4v) is 1.76. The van der Waals surface area contributed by atoms with Crippen LogP contribution in [0.4, 0.5) is 0 Å². The maximum absolute atomic E-state index is 11.2. The SMILES string of the molecule is CC(=O)C(Br)c1ccc(C)c(C(O)C(=O)O)c1. The number of ketones is 1. The van der Waals surface area contributed by atoms with E-state index in [9.17, 15) is 14.7 Å². The number of carboxylic acid groups (broad SMARTS) is 1. The minimum Gasteiger partial charge on any atom is -0.479 e. The lowest BCUT2D eigenvalue weighted by molar-refractivity contribution is -0.147. The number of carbonyl (C=O) groups is 2. The summed E-state index contributed by atoms with van der Waals surface area (Å²) in [6.07, 6.45) is -1.57. The fraction of sp³-hybridized carbons (Fsp3) is 0.333. The van der Waals surface area contributed by atoms with Gasteiger partial charge in [-0.15, -0.1) is 0 Å². The van der Waals surface area contributed by atoms with Gasteiger partial charge in [-0.25, -0.2) is 4.79 Å². The molecular weight excluding hydrogens is 288 g/mol. The van der Waals surface area contributed by atoms with Crippen LogP contribution in [-0.2, 0) is 9.59 Å². The summed E-state index contributed by atoms with van der Waals surface area (Å²) in [6.45, 7) is 3.15. The molecule has 0 heterocycles. The topological polar surface area (TPSA) is 74.6 Å². The Kier molecular flexibility index (Phi) is 4.42. The number of benzene rings is 1. The van der Waals surface area contributed by atoms with Crippen LogP contribution in [0.2, 0.25) is 0 Å². The molecule has 4 nitrogen and oxygen atoms in total. The van der Waals surface area contributed by atoms with Crippen molar-refractivity contribution in [2.75, 3.05) is 0 Å². The average Bonchev–Trinajstić information content (AvgIpc) is 2.27. The lowest BCUT2D eigenvalue weighted by Crippen LogP contribution is -2.13. The highest BCUT2D eigenvalue weighted by molar-refractivity contribution is 9.09. The number of alkyl halides is 1. The van der Waals surface area contributed by atoms with Gasteiger partial charge >= 0.3 is 5.97 Å². The number of aliphatic hydroxyl groups excluding tert-OH is 1. The average molecular weight is 301 g/mol. The maximum atomic E-state index is 11.2. The van der Waals surface area contributed by atoms with Gasteiger partial charge in [0.1, 0.15) is 5.78 Å². The zero-order valence-corrected chi connectivity index (χ0v) is 11.1. The van der Waals surface area contributed by atoms with Gasteiger partial charge in [-0.05, 0) is 30.5 Å². The van der Waals surface area contributed by atoms with E-state index >= 15 is 0 Å². The van der Waals surface area contributed by atoms with Crippen LogP contribution in [0.3, 0.4) is 0 Å². The Bertz CT molecular complexity index is 456. The molecule has 92 valence electrons. The number of carbonyl (C=O) groups excluding carboxylic acids is 1. The predicted octanol–water partition coefficient (Wildman–Crippen LogP) is 2.14. The molecule has 0 aliphatic carbocycles. The van der Waals surface area contributed by atoms with Gasteiger partial charge in [0.25, 0.3) is 0 Å². The molecule has 2 N–H and O–H groups in total. The van der Waals surface area contributed by atoms with Crippen LogP contribution in [0.25, 0.3) is 0 Å². The van der Waals surface area contributed by atoms with E-state index < -0.39 is 16.9 Å². The number of halogens is 1. The van der Waals surface area contributed by atoms with E-state index in [4.69, 9.17) is 5.11 Å². The molecule has 0 spiro atoms. The molecule has 2 unspecified atom stereocenters. The molecule has 0 amide bonds. The van der Waals surface area contributed by atoms with Crippen LogP contribution in [0.15, 0.2) is 18.2 Å². The van der Waals surface area contributed by atoms with Gasteiger partial charge in [-0.1, -0.05) is 34.1 Å². The molecule has 0 bridgehead atoms. The Morgan fingerprint density at radius 1 is 1.35 bits per heavy atom. The third-order valence-corrected chi connectivity index (χ3v) is 3.65. The molecular formula is C12H13BrO4. The maximum Gasteiger partial charge on any atom is 0.337 e. The van der Waals surface area contributed by atoms with E-state index in [1.54, 1.807) is 19.1 Å². The molecule has 1 aromatic rings. The van der Waals surface area contributed by atoms with E-state index in [1.807, 2.05) is 0 Å². The Balaban J connectivity index is 3.19. The smallest absolute Gasteiger partial charge is 0.337 e. The summed E-state index contributed by atoms with van der Waals surface area (Å²) in [4.78, 5) is 21.5. The van der Waals surface area contributed by atoms with Gasteiger partial charge in [0.15, 0.2) is 6.10 Å². The summed E-state index contributed by atoms with van der Waals surface area (Å²) >= 11 is 3.22. The van der Waals surface area contributed by atoms with E-state index in [-0.39, 0.29) is 5.78 Å². The molecule has 0 aliphatic heterocycles. The van der Waals surface area contributed by atoms with Crippen LogP contribution in [0, 0.1) is 6.92 Å². The second kappa shape index (κ2) is 5.42. The second-order valence-electron chi connectivity index (χ2n) is 3.83. The number of Topliss-reactive ketones (excluding diaryl/α,β-unsaturated/α-hetero) is 1. The number of carboxylic acids is 1. The molecule has 5 heteroatoms. The summed E-state index contributed by atoms with van der Waals surface area (Å²) in [5.41, 5.74) is 1.62. The van der Waals surface area contributed by atoms with Crippen LogP contribution in [0.1, 0.15) is 34.5 Å². The molecule has 17 heavy (non-hydrogen) atoms. The van der Waals surface area contributed by atoms with Crippen LogP contribution >= 0.6 is 15.9 Å². The Morgan fingerprint density at radius 2 is 1.94 bits per heavy atom. The summed E-state index contributed by atoms with van der Waals surface area (Å²) in [5, 5.41) is 18.3. The summed E-state index contributed by atoms with van der Waals surface area (Å²) < 4.78 is 0. The Hall–Kier alpha value is -1.20. The first-order valence-electron chi connectivity index (χ1n) is 5.00. The predicted molar refractivity (Wildman–Crippen MR) is 66.1 cm³/mol. The van der Waals surface area contributed by atoms with Gasteiger partial charge < -0.3 is 10.2 Å².